The molecule has 3 rings (SSSR count). The first-order valence-electron chi connectivity index (χ1n) is 7.99. The van der Waals surface area contributed by atoms with Crippen molar-refractivity contribution >= 4 is 0 Å². The smallest absolute Gasteiger partial charge is 0.131 e. The fourth-order valence-electron chi connectivity index (χ4n) is 2.81. The number of aryl methyl sites for hydroxylation is 1. The van der Waals surface area contributed by atoms with Crippen LogP contribution in [0, 0.1) is 18.6 Å². The maximum atomic E-state index is 13.7. The zero-order valence-corrected chi connectivity index (χ0v) is 13.8. The molecule has 1 heterocycles. The van der Waals surface area contributed by atoms with E-state index >= 15 is 0 Å². The lowest BCUT2D eigenvalue weighted by atomic mass is 10.1. The van der Waals surface area contributed by atoms with Crippen molar-refractivity contribution in [3.05, 3.63) is 83.4 Å². The molecule has 2 aromatic carbocycles. The predicted molar refractivity (Wildman–Crippen MR) is 91.3 cm³/mol. The molecule has 1 aromatic heterocycles. The van der Waals surface area contributed by atoms with Crippen molar-refractivity contribution in [1.82, 2.24) is 14.9 Å². The van der Waals surface area contributed by atoms with E-state index in [4.69, 9.17) is 0 Å². The molecular formula is C19H19F2N3O. The number of aromatic nitrogens is 2. The van der Waals surface area contributed by atoms with Crippen molar-refractivity contribution in [2.75, 3.05) is 6.54 Å². The van der Waals surface area contributed by atoms with Crippen LogP contribution >= 0.6 is 0 Å². The molecular weight excluding hydrogens is 324 g/mol. The second kappa shape index (κ2) is 7.55. The van der Waals surface area contributed by atoms with Gasteiger partial charge in [-0.05, 0) is 31.2 Å². The van der Waals surface area contributed by atoms with Crippen molar-refractivity contribution in [3.63, 3.8) is 0 Å². The molecule has 0 aliphatic rings. The highest BCUT2D eigenvalue weighted by molar-refractivity contribution is 5.35. The molecule has 0 bridgehead atoms. The van der Waals surface area contributed by atoms with Gasteiger partial charge in [-0.1, -0.05) is 24.3 Å². The van der Waals surface area contributed by atoms with Gasteiger partial charge in [0.1, 0.15) is 17.5 Å². The minimum Gasteiger partial charge on any atom is -0.387 e. The van der Waals surface area contributed by atoms with E-state index in [2.05, 4.69) is 10.3 Å². The Bertz CT molecular complexity index is 829. The third-order valence-electron chi connectivity index (χ3n) is 4.00. The standard InChI is InChI=1S/C19H19F2N3O/c1-13-23-11-15(24(13)14-6-3-2-4-7-14)10-22-12-18(25)19-16(20)8-5-9-17(19)21/h2-9,11,18,22,25H,10,12H2,1H3/t18-/m0/s1. The number of benzene rings is 2. The summed E-state index contributed by atoms with van der Waals surface area (Å²) in [7, 11) is 0. The monoisotopic (exact) mass is 343 g/mol. The Morgan fingerprint density at radius 1 is 1.08 bits per heavy atom. The van der Waals surface area contributed by atoms with Crippen LogP contribution in [-0.2, 0) is 6.54 Å². The lowest BCUT2D eigenvalue weighted by Gasteiger charge is -2.15. The van der Waals surface area contributed by atoms with Gasteiger partial charge in [0.15, 0.2) is 0 Å². The zero-order valence-electron chi connectivity index (χ0n) is 13.8. The summed E-state index contributed by atoms with van der Waals surface area (Å²) in [6.07, 6.45) is 0.473. The number of nitrogens with one attached hydrogen (secondary N) is 1. The van der Waals surface area contributed by atoms with Crippen molar-refractivity contribution in [3.8, 4) is 5.69 Å². The van der Waals surface area contributed by atoms with Gasteiger partial charge in [0.2, 0.25) is 0 Å². The number of rotatable bonds is 6. The third kappa shape index (κ3) is 3.75. The van der Waals surface area contributed by atoms with Crippen LogP contribution in [0.5, 0.6) is 0 Å². The second-order valence-corrected chi connectivity index (χ2v) is 5.75. The molecule has 0 fully saturated rings. The van der Waals surface area contributed by atoms with Gasteiger partial charge in [0, 0.05) is 18.8 Å². The highest BCUT2D eigenvalue weighted by Crippen LogP contribution is 2.20. The van der Waals surface area contributed by atoms with Crippen LogP contribution in [0.1, 0.15) is 23.2 Å². The minimum absolute atomic E-state index is 0.0247. The molecule has 0 aliphatic carbocycles. The average molecular weight is 343 g/mol. The van der Waals surface area contributed by atoms with Crippen molar-refractivity contribution in [2.24, 2.45) is 0 Å². The zero-order chi connectivity index (χ0) is 17.8. The van der Waals surface area contributed by atoms with E-state index < -0.39 is 17.7 Å². The summed E-state index contributed by atoms with van der Waals surface area (Å²) in [6.45, 7) is 2.33. The lowest BCUT2D eigenvalue weighted by molar-refractivity contribution is 0.164. The maximum Gasteiger partial charge on any atom is 0.131 e. The van der Waals surface area contributed by atoms with E-state index in [-0.39, 0.29) is 12.1 Å². The molecule has 0 unspecified atom stereocenters. The summed E-state index contributed by atoms with van der Waals surface area (Å²) >= 11 is 0. The molecule has 0 saturated heterocycles. The molecule has 1 atom stereocenters. The maximum absolute atomic E-state index is 13.7. The minimum atomic E-state index is -1.27. The Morgan fingerprint density at radius 3 is 2.44 bits per heavy atom. The number of halogens is 2. The van der Waals surface area contributed by atoms with Gasteiger partial charge in [-0.3, -0.25) is 4.57 Å². The molecule has 0 amide bonds. The first kappa shape index (κ1) is 17.3. The first-order chi connectivity index (χ1) is 12.1. The summed E-state index contributed by atoms with van der Waals surface area (Å²) < 4.78 is 29.4. The van der Waals surface area contributed by atoms with Crippen LogP contribution in [0.25, 0.3) is 5.69 Å². The van der Waals surface area contributed by atoms with E-state index in [9.17, 15) is 13.9 Å². The number of aliphatic hydroxyl groups is 1. The number of para-hydroxylation sites is 1. The van der Waals surface area contributed by atoms with Gasteiger partial charge in [-0.15, -0.1) is 0 Å². The van der Waals surface area contributed by atoms with E-state index in [1.165, 1.54) is 6.07 Å². The van der Waals surface area contributed by atoms with Crippen LogP contribution in [-0.4, -0.2) is 21.2 Å². The van der Waals surface area contributed by atoms with Gasteiger partial charge in [-0.25, -0.2) is 13.8 Å². The summed E-state index contributed by atoms with van der Waals surface area (Å²) in [4.78, 5) is 4.32. The summed E-state index contributed by atoms with van der Waals surface area (Å²) in [5.41, 5.74) is 1.56. The Morgan fingerprint density at radius 2 is 1.76 bits per heavy atom. The number of hydrogen-bond acceptors (Lipinski definition) is 3. The van der Waals surface area contributed by atoms with Crippen molar-refractivity contribution < 1.29 is 13.9 Å². The average Bonchev–Trinajstić information content (AvgIpc) is 2.96. The SMILES string of the molecule is Cc1ncc(CNC[C@H](O)c2c(F)cccc2F)n1-c1ccccc1. The fraction of sp³-hybridized carbons (Fsp3) is 0.211. The summed E-state index contributed by atoms with van der Waals surface area (Å²) in [6, 6.07) is 13.3. The van der Waals surface area contributed by atoms with Crippen molar-refractivity contribution in [2.45, 2.75) is 19.6 Å². The van der Waals surface area contributed by atoms with Gasteiger partial charge in [-0.2, -0.15) is 0 Å². The van der Waals surface area contributed by atoms with E-state index in [0.717, 1.165) is 29.3 Å². The molecule has 130 valence electrons. The molecule has 0 radical (unpaired) electrons. The van der Waals surface area contributed by atoms with Gasteiger partial charge < -0.3 is 10.4 Å². The molecule has 0 saturated carbocycles. The van der Waals surface area contributed by atoms with Gasteiger partial charge in [0.05, 0.1) is 23.6 Å². The van der Waals surface area contributed by atoms with E-state index in [1.807, 2.05) is 41.8 Å². The summed E-state index contributed by atoms with van der Waals surface area (Å²) in [5, 5.41) is 13.1. The number of imidazole rings is 1. The molecule has 4 nitrogen and oxygen atoms in total. The van der Waals surface area contributed by atoms with Crippen LogP contribution in [0.2, 0.25) is 0 Å². The van der Waals surface area contributed by atoms with E-state index in [0.29, 0.717) is 6.54 Å². The second-order valence-electron chi connectivity index (χ2n) is 5.75. The first-order valence-corrected chi connectivity index (χ1v) is 7.99. The number of aliphatic hydroxyl groups excluding tert-OH is 1. The molecule has 6 heteroatoms. The van der Waals surface area contributed by atoms with Crippen LogP contribution in [0.4, 0.5) is 8.78 Å². The van der Waals surface area contributed by atoms with Crippen LogP contribution in [0.15, 0.2) is 54.7 Å². The van der Waals surface area contributed by atoms with Crippen LogP contribution < -0.4 is 5.32 Å². The van der Waals surface area contributed by atoms with E-state index in [1.54, 1.807) is 6.20 Å². The Hall–Kier alpha value is -2.57. The Kier molecular flexibility index (Phi) is 5.21. The lowest BCUT2D eigenvalue weighted by Crippen LogP contribution is -2.23. The van der Waals surface area contributed by atoms with Crippen molar-refractivity contribution in [1.29, 1.82) is 0 Å². The highest BCUT2D eigenvalue weighted by atomic mass is 19.1. The molecule has 0 aliphatic heterocycles. The molecule has 3 aromatic rings. The molecule has 0 spiro atoms. The normalized spacial score (nSPS) is 12.3. The highest BCUT2D eigenvalue weighted by Gasteiger charge is 2.17. The van der Waals surface area contributed by atoms with Crippen LogP contribution in [0.3, 0.4) is 0 Å². The summed E-state index contributed by atoms with van der Waals surface area (Å²) in [5.74, 6) is -0.664. The topological polar surface area (TPSA) is 50.1 Å². The van der Waals surface area contributed by atoms with Gasteiger partial charge in [0.25, 0.3) is 0 Å². The number of hydrogen-bond donors (Lipinski definition) is 2. The molecule has 2 N–H and O–H groups in total. The predicted octanol–water partition coefficient (Wildman–Crippen LogP) is 3.28. The largest absolute Gasteiger partial charge is 0.387 e. The third-order valence-corrected chi connectivity index (χ3v) is 4.00. The Labute approximate surface area is 144 Å². The fourth-order valence-corrected chi connectivity index (χ4v) is 2.81. The number of nitrogens with zero attached hydrogens (tertiary/aromatic N) is 2. The quantitative estimate of drug-likeness (QED) is 0.722. The Balaban J connectivity index is 1.69. The van der Waals surface area contributed by atoms with Gasteiger partial charge >= 0.3 is 0 Å². The molecule has 25 heavy (non-hydrogen) atoms.